The highest BCUT2D eigenvalue weighted by Crippen LogP contribution is 2.21. The van der Waals surface area contributed by atoms with E-state index in [1.165, 1.54) is 0 Å². The van der Waals surface area contributed by atoms with Gasteiger partial charge in [0.1, 0.15) is 0 Å². The van der Waals surface area contributed by atoms with Gasteiger partial charge in [-0.15, -0.1) is 0 Å². The van der Waals surface area contributed by atoms with Gasteiger partial charge in [-0.05, 0) is 19.1 Å². The van der Waals surface area contributed by atoms with E-state index < -0.39 is 0 Å². The minimum absolute atomic E-state index is 0.0676. The van der Waals surface area contributed by atoms with Crippen molar-refractivity contribution in [1.29, 1.82) is 0 Å². The molecule has 0 fully saturated rings. The molecule has 0 aliphatic carbocycles. The van der Waals surface area contributed by atoms with Crippen LogP contribution in [-0.4, -0.2) is 24.0 Å². The fourth-order valence-corrected chi connectivity index (χ4v) is 1.07. The molecule has 0 saturated heterocycles. The quantitative estimate of drug-likeness (QED) is 0.700. The predicted molar refractivity (Wildman–Crippen MR) is 70.0 cm³/mol. The third-order valence-electron chi connectivity index (χ3n) is 2.44. The molecule has 0 saturated carbocycles. The van der Waals surface area contributed by atoms with E-state index in [1.54, 1.807) is 19.5 Å². The molecule has 1 aromatic heterocycles. The van der Waals surface area contributed by atoms with Crippen molar-refractivity contribution in [2.24, 2.45) is 15.4 Å². The Bertz CT molecular complexity index is 411. The van der Waals surface area contributed by atoms with E-state index in [1.807, 2.05) is 19.1 Å². The van der Waals surface area contributed by atoms with Crippen LogP contribution in [0.5, 0.6) is 0 Å². The highest BCUT2D eigenvalue weighted by molar-refractivity contribution is 5.92. The van der Waals surface area contributed by atoms with Crippen molar-refractivity contribution in [1.82, 2.24) is 4.98 Å². The molecule has 3 heteroatoms. The molecule has 0 aromatic carbocycles. The van der Waals surface area contributed by atoms with E-state index >= 15 is 0 Å². The van der Waals surface area contributed by atoms with Gasteiger partial charge in [0.15, 0.2) is 5.82 Å². The Balaban J connectivity index is 3.15. The summed E-state index contributed by atoms with van der Waals surface area (Å²) in [6.07, 6.45) is 3.53. The Labute approximate surface area is 97.4 Å². The molecule has 16 heavy (non-hydrogen) atoms. The fraction of sp³-hybridized carbons (Fsp3) is 0.462. The molecule has 1 aromatic rings. The van der Waals surface area contributed by atoms with Crippen molar-refractivity contribution in [2.45, 2.75) is 27.7 Å². The minimum Gasteiger partial charge on any atom is -0.296 e. The number of aliphatic imine (C=N–C) groups is 2. The van der Waals surface area contributed by atoms with Gasteiger partial charge in [0.05, 0.1) is 0 Å². The topological polar surface area (TPSA) is 37.6 Å². The number of rotatable bonds is 2. The molecule has 3 nitrogen and oxygen atoms in total. The summed E-state index contributed by atoms with van der Waals surface area (Å²) in [5, 5.41) is 0. The zero-order valence-electron chi connectivity index (χ0n) is 10.7. The summed E-state index contributed by atoms with van der Waals surface area (Å²) in [6, 6.07) is 3.86. The van der Waals surface area contributed by atoms with E-state index in [-0.39, 0.29) is 5.41 Å². The maximum atomic E-state index is 4.56. The number of aromatic nitrogens is 1. The van der Waals surface area contributed by atoms with E-state index in [4.69, 9.17) is 0 Å². The summed E-state index contributed by atoms with van der Waals surface area (Å²) in [7, 11) is 1.75. The summed E-state index contributed by atoms with van der Waals surface area (Å²) in [5.74, 6) is 0.737. The van der Waals surface area contributed by atoms with Gasteiger partial charge in [-0.2, -0.15) is 0 Å². The lowest BCUT2D eigenvalue weighted by Crippen LogP contribution is -2.16. The van der Waals surface area contributed by atoms with Crippen LogP contribution >= 0.6 is 0 Å². The first-order chi connectivity index (χ1) is 7.45. The van der Waals surface area contributed by atoms with Crippen molar-refractivity contribution in [3.05, 3.63) is 23.9 Å². The van der Waals surface area contributed by atoms with Crippen LogP contribution in [-0.2, 0) is 0 Å². The molecule has 0 aliphatic heterocycles. The predicted octanol–water partition coefficient (Wildman–Crippen LogP) is 3.27. The first-order valence-electron chi connectivity index (χ1n) is 5.38. The number of pyridine rings is 1. The Morgan fingerprint density at radius 3 is 2.62 bits per heavy atom. The molecule has 1 heterocycles. The molecule has 0 radical (unpaired) electrons. The molecule has 0 amide bonds. The van der Waals surface area contributed by atoms with Crippen LogP contribution in [0.1, 0.15) is 33.3 Å². The maximum Gasteiger partial charge on any atom is 0.160 e. The SMILES string of the molecule is CN=Cc1cccnc1/N=C(\C)C(C)(C)C. The van der Waals surface area contributed by atoms with Crippen LogP contribution in [0.25, 0.3) is 0 Å². The van der Waals surface area contributed by atoms with Crippen LogP contribution in [0.15, 0.2) is 28.3 Å². The second kappa shape index (κ2) is 5.01. The molecule has 0 spiro atoms. The zero-order valence-corrected chi connectivity index (χ0v) is 10.7. The van der Waals surface area contributed by atoms with E-state index in [0.717, 1.165) is 17.1 Å². The van der Waals surface area contributed by atoms with Gasteiger partial charge in [-0.25, -0.2) is 9.98 Å². The molecule has 0 bridgehead atoms. The Kier molecular flexibility index (Phi) is 3.93. The first kappa shape index (κ1) is 12.6. The highest BCUT2D eigenvalue weighted by atomic mass is 14.9. The van der Waals surface area contributed by atoms with Crippen LogP contribution < -0.4 is 0 Å². The number of nitrogens with zero attached hydrogens (tertiary/aromatic N) is 3. The van der Waals surface area contributed by atoms with E-state index in [9.17, 15) is 0 Å². The number of hydrogen-bond donors (Lipinski definition) is 0. The van der Waals surface area contributed by atoms with Crippen molar-refractivity contribution >= 4 is 17.7 Å². The molecule has 0 unspecified atom stereocenters. The minimum atomic E-state index is 0.0676. The second-order valence-electron chi connectivity index (χ2n) is 4.75. The zero-order chi connectivity index (χ0) is 12.2. The van der Waals surface area contributed by atoms with Crippen LogP contribution in [0.2, 0.25) is 0 Å². The van der Waals surface area contributed by atoms with Crippen molar-refractivity contribution in [3.8, 4) is 0 Å². The van der Waals surface area contributed by atoms with Gasteiger partial charge in [-0.3, -0.25) is 4.99 Å². The molecule has 0 aliphatic rings. The summed E-state index contributed by atoms with van der Waals surface area (Å²) >= 11 is 0. The summed E-state index contributed by atoms with van der Waals surface area (Å²) in [4.78, 5) is 12.8. The van der Waals surface area contributed by atoms with Crippen molar-refractivity contribution in [3.63, 3.8) is 0 Å². The van der Waals surface area contributed by atoms with E-state index in [2.05, 4.69) is 35.7 Å². The fourth-order valence-electron chi connectivity index (χ4n) is 1.07. The summed E-state index contributed by atoms with van der Waals surface area (Å²) in [5.41, 5.74) is 2.09. The standard InChI is InChI=1S/C13H19N3/c1-10(13(2,3)4)16-12-11(9-14-5)7-6-8-15-12/h6-9H,1-5H3/b14-9?,16-10+. The van der Waals surface area contributed by atoms with Gasteiger partial charge >= 0.3 is 0 Å². The Hall–Kier alpha value is -1.51. The monoisotopic (exact) mass is 217 g/mol. The largest absolute Gasteiger partial charge is 0.296 e. The lowest BCUT2D eigenvalue weighted by atomic mass is 9.91. The average molecular weight is 217 g/mol. The average Bonchev–Trinajstić information content (AvgIpc) is 2.20. The summed E-state index contributed by atoms with van der Waals surface area (Å²) < 4.78 is 0. The molecule has 86 valence electrons. The van der Waals surface area contributed by atoms with Gasteiger partial charge in [0, 0.05) is 36.1 Å². The van der Waals surface area contributed by atoms with Crippen molar-refractivity contribution < 1.29 is 0 Å². The Morgan fingerprint density at radius 2 is 2.06 bits per heavy atom. The molecule has 0 atom stereocenters. The Morgan fingerprint density at radius 1 is 1.38 bits per heavy atom. The maximum absolute atomic E-state index is 4.56. The second-order valence-corrected chi connectivity index (χ2v) is 4.75. The van der Waals surface area contributed by atoms with Crippen molar-refractivity contribution in [2.75, 3.05) is 7.05 Å². The van der Waals surface area contributed by atoms with Gasteiger partial charge in [0.25, 0.3) is 0 Å². The third-order valence-corrected chi connectivity index (χ3v) is 2.44. The molecule has 0 N–H and O–H groups in total. The molecular weight excluding hydrogens is 198 g/mol. The smallest absolute Gasteiger partial charge is 0.160 e. The lowest BCUT2D eigenvalue weighted by Gasteiger charge is -2.17. The molecular formula is C13H19N3. The molecule has 1 rings (SSSR count). The van der Waals surface area contributed by atoms with Gasteiger partial charge in [-0.1, -0.05) is 20.8 Å². The van der Waals surface area contributed by atoms with Gasteiger partial charge in [0.2, 0.25) is 0 Å². The third kappa shape index (κ3) is 3.26. The van der Waals surface area contributed by atoms with Gasteiger partial charge < -0.3 is 0 Å². The normalized spacial score (nSPS) is 13.4. The number of hydrogen-bond acceptors (Lipinski definition) is 3. The van der Waals surface area contributed by atoms with Crippen LogP contribution in [0, 0.1) is 5.41 Å². The highest BCUT2D eigenvalue weighted by Gasteiger charge is 2.14. The lowest BCUT2D eigenvalue weighted by molar-refractivity contribution is 0.588. The first-order valence-corrected chi connectivity index (χ1v) is 5.38. The van der Waals surface area contributed by atoms with E-state index in [0.29, 0.717) is 0 Å². The summed E-state index contributed by atoms with van der Waals surface area (Å²) in [6.45, 7) is 8.45. The van der Waals surface area contributed by atoms with Crippen LogP contribution in [0.3, 0.4) is 0 Å². The van der Waals surface area contributed by atoms with Crippen LogP contribution in [0.4, 0.5) is 5.82 Å².